The van der Waals surface area contributed by atoms with E-state index in [4.69, 9.17) is 0 Å². The lowest BCUT2D eigenvalue weighted by atomic mass is 10.1. The highest BCUT2D eigenvalue weighted by Gasteiger charge is 2.07. The molecule has 0 amide bonds. The first-order valence-corrected chi connectivity index (χ1v) is 3.75. The predicted octanol–water partition coefficient (Wildman–Crippen LogP) is 2.19. The Hall–Kier alpha value is 0.350. The van der Waals surface area contributed by atoms with Crippen molar-refractivity contribution in [1.29, 1.82) is 0 Å². The van der Waals surface area contributed by atoms with Gasteiger partial charge in [-0.05, 0) is 24.5 Å². The molecule has 1 rings (SSSR count). The molecule has 1 unspecified atom stereocenters. The Morgan fingerprint density at radius 2 is 2.57 bits per heavy atom. The van der Waals surface area contributed by atoms with Crippen LogP contribution in [0.25, 0.3) is 0 Å². The van der Waals surface area contributed by atoms with E-state index in [9.17, 15) is 0 Å². The van der Waals surface area contributed by atoms with Crippen LogP contribution in [-0.4, -0.2) is 5.75 Å². The maximum absolute atomic E-state index is 3.30. The summed E-state index contributed by atoms with van der Waals surface area (Å²) in [5.41, 5.74) is 0. The molecular weight excluding hydrogens is 104 g/mol. The van der Waals surface area contributed by atoms with E-state index in [1.54, 1.807) is 0 Å². The molecule has 1 heterocycles. The highest BCUT2D eigenvalue weighted by atomic mass is 32.2. The second-order valence-corrected chi connectivity index (χ2v) is 2.94. The fourth-order valence-electron chi connectivity index (χ4n) is 0.722. The summed E-state index contributed by atoms with van der Waals surface area (Å²) in [5, 5.41) is 0. The average molecular weight is 114 g/mol. The van der Waals surface area contributed by atoms with Gasteiger partial charge in [-0.2, -0.15) is 11.8 Å². The molecule has 0 N–H and O–H groups in total. The molecule has 7 heavy (non-hydrogen) atoms. The summed E-state index contributed by atoms with van der Waals surface area (Å²) in [4.78, 5) is 0. The first-order valence-electron chi connectivity index (χ1n) is 2.77. The molecule has 0 aromatic carbocycles. The van der Waals surface area contributed by atoms with E-state index in [1.807, 2.05) is 11.8 Å². The van der Waals surface area contributed by atoms with Crippen molar-refractivity contribution in [2.75, 3.05) is 5.75 Å². The minimum Gasteiger partial charge on any atom is -0.152 e. The third-order valence-corrected chi connectivity index (χ3v) is 2.23. The van der Waals surface area contributed by atoms with Crippen molar-refractivity contribution in [3.05, 3.63) is 5.75 Å². The van der Waals surface area contributed by atoms with Gasteiger partial charge in [-0.25, -0.2) is 0 Å². The van der Waals surface area contributed by atoms with Crippen LogP contribution in [-0.2, 0) is 0 Å². The van der Waals surface area contributed by atoms with E-state index in [0.29, 0.717) is 0 Å². The van der Waals surface area contributed by atoms with Gasteiger partial charge in [0, 0.05) is 0 Å². The van der Waals surface area contributed by atoms with Gasteiger partial charge in [0.15, 0.2) is 0 Å². The lowest BCUT2D eigenvalue weighted by Gasteiger charge is -2.14. The summed E-state index contributed by atoms with van der Waals surface area (Å²) in [6.45, 7) is 2.23. The Bertz CT molecular complexity index is 46.1. The Kier molecular flexibility index (Phi) is 2.04. The molecule has 1 aliphatic heterocycles. The molecule has 1 heteroatoms. The maximum Gasteiger partial charge on any atom is 0.0511 e. The fourth-order valence-corrected chi connectivity index (χ4v) is 1.55. The molecule has 1 atom stereocenters. The van der Waals surface area contributed by atoms with Gasteiger partial charge in [-0.15, -0.1) is 0 Å². The van der Waals surface area contributed by atoms with E-state index < -0.39 is 0 Å². The van der Waals surface area contributed by atoms with Crippen molar-refractivity contribution in [1.82, 2.24) is 0 Å². The van der Waals surface area contributed by atoms with Gasteiger partial charge < -0.3 is 0 Å². The maximum atomic E-state index is 3.30. The van der Waals surface area contributed by atoms with E-state index in [-0.39, 0.29) is 0 Å². The normalized spacial score (nSPS) is 33.0. The minimum absolute atomic E-state index is 0.749. The van der Waals surface area contributed by atoms with Crippen LogP contribution in [0.2, 0.25) is 0 Å². The highest BCUT2D eigenvalue weighted by molar-refractivity contribution is 8.01. The second-order valence-electron chi connectivity index (χ2n) is 2.01. The van der Waals surface area contributed by atoms with E-state index in [0.717, 1.165) is 5.92 Å². The van der Waals surface area contributed by atoms with Crippen LogP contribution in [0, 0.1) is 11.7 Å². The van der Waals surface area contributed by atoms with Crippen LogP contribution in [0.3, 0.4) is 0 Å². The topological polar surface area (TPSA) is 0 Å². The predicted molar refractivity (Wildman–Crippen MR) is 34.1 cm³/mol. The number of hydrogen-bond donors (Lipinski definition) is 0. The van der Waals surface area contributed by atoms with Crippen molar-refractivity contribution in [3.8, 4) is 0 Å². The second kappa shape index (κ2) is 2.61. The largest absolute Gasteiger partial charge is 0.152 e. The van der Waals surface area contributed by atoms with Crippen molar-refractivity contribution in [2.24, 2.45) is 5.92 Å². The third-order valence-electron chi connectivity index (χ3n) is 1.17. The molecule has 0 saturated carbocycles. The zero-order valence-electron chi connectivity index (χ0n) is 4.61. The number of hydrogen-bond acceptors (Lipinski definition) is 1. The van der Waals surface area contributed by atoms with Gasteiger partial charge in [-0.3, -0.25) is 0 Å². The van der Waals surface area contributed by atoms with E-state index in [2.05, 4.69) is 12.7 Å². The zero-order valence-corrected chi connectivity index (χ0v) is 5.42. The number of thioether (sulfide) groups is 1. The molecule has 1 saturated heterocycles. The smallest absolute Gasteiger partial charge is 0.0511 e. The van der Waals surface area contributed by atoms with Gasteiger partial charge in [0.25, 0.3) is 0 Å². The first kappa shape index (κ1) is 5.49. The van der Waals surface area contributed by atoms with Crippen LogP contribution in [0.15, 0.2) is 0 Å². The Balaban J connectivity index is 2.12. The van der Waals surface area contributed by atoms with Gasteiger partial charge in [-0.1, -0.05) is 6.92 Å². The first-order chi connectivity index (χ1) is 3.39. The SMILES string of the molecule is CC1[C]SCCC1. The lowest BCUT2D eigenvalue weighted by Crippen LogP contribution is -2.00. The summed E-state index contributed by atoms with van der Waals surface area (Å²) in [6.07, 6.45) is 2.74. The summed E-state index contributed by atoms with van der Waals surface area (Å²) in [7, 11) is 0. The van der Waals surface area contributed by atoms with Crippen LogP contribution < -0.4 is 0 Å². The zero-order chi connectivity index (χ0) is 5.11. The molecule has 0 aromatic rings. The van der Waals surface area contributed by atoms with Crippen LogP contribution in [0.4, 0.5) is 0 Å². The summed E-state index contributed by atoms with van der Waals surface area (Å²) in [5.74, 6) is 5.34. The molecule has 0 aromatic heterocycles. The third kappa shape index (κ3) is 1.72. The van der Waals surface area contributed by atoms with E-state index >= 15 is 0 Å². The van der Waals surface area contributed by atoms with Gasteiger partial charge in [0.1, 0.15) is 0 Å². The summed E-state index contributed by atoms with van der Waals surface area (Å²) >= 11 is 1.85. The summed E-state index contributed by atoms with van der Waals surface area (Å²) < 4.78 is 0. The molecule has 2 radical (unpaired) electrons. The molecule has 0 bridgehead atoms. The molecule has 0 spiro atoms. The Labute approximate surface area is 49.7 Å². The Morgan fingerprint density at radius 3 is 2.86 bits per heavy atom. The van der Waals surface area contributed by atoms with Crippen LogP contribution in [0.1, 0.15) is 19.8 Å². The van der Waals surface area contributed by atoms with Crippen LogP contribution in [0.5, 0.6) is 0 Å². The van der Waals surface area contributed by atoms with Crippen molar-refractivity contribution in [3.63, 3.8) is 0 Å². The standard InChI is InChI=1S/C6H10S/c1-6-3-2-4-7-5-6/h6H,2-4H2,1H3. The fraction of sp³-hybridized carbons (Fsp3) is 0.833. The minimum atomic E-state index is 0.749. The van der Waals surface area contributed by atoms with Crippen molar-refractivity contribution < 1.29 is 0 Å². The molecule has 0 aliphatic carbocycles. The monoisotopic (exact) mass is 114 g/mol. The van der Waals surface area contributed by atoms with Crippen LogP contribution >= 0.6 is 11.8 Å². The number of rotatable bonds is 0. The van der Waals surface area contributed by atoms with Crippen molar-refractivity contribution in [2.45, 2.75) is 19.8 Å². The van der Waals surface area contributed by atoms with Crippen molar-refractivity contribution >= 4 is 11.8 Å². The lowest BCUT2D eigenvalue weighted by molar-refractivity contribution is 0.612. The quantitative estimate of drug-likeness (QED) is 0.465. The summed E-state index contributed by atoms with van der Waals surface area (Å²) in [6, 6.07) is 0. The molecular formula is C6H10S. The van der Waals surface area contributed by atoms with Gasteiger partial charge >= 0.3 is 0 Å². The molecule has 40 valence electrons. The molecule has 0 nitrogen and oxygen atoms in total. The average Bonchev–Trinajstić information content (AvgIpc) is 1.69. The van der Waals surface area contributed by atoms with Gasteiger partial charge in [0.2, 0.25) is 0 Å². The highest BCUT2D eigenvalue weighted by Crippen LogP contribution is 2.25. The molecule has 1 aliphatic rings. The van der Waals surface area contributed by atoms with E-state index in [1.165, 1.54) is 18.6 Å². The van der Waals surface area contributed by atoms with Gasteiger partial charge in [0.05, 0.1) is 5.75 Å². The Morgan fingerprint density at radius 1 is 1.71 bits per heavy atom. The molecule has 1 fully saturated rings.